The zero-order valence-electron chi connectivity index (χ0n) is 19.0. The molecule has 1 heterocycles. The lowest BCUT2D eigenvalue weighted by Crippen LogP contribution is -2.64. The molecule has 1 aliphatic heterocycles. The molecule has 4 aliphatic carbocycles. The summed E-state index contributed by atoms with van der Waals surface area (Å²) in [4.78, 5) is 25.3. The van der Waals surface area contributed by atoms with Gasteiger partial charge >= 0.3 is 0 Å². The van der Waals surface area contributed by atoms with Crippen molar-refractivity contribution in [2.24, 2.45) is 28.6 Å². The molecule has 7 nitrogen and oxygen atoms in total. The second-order valence-corrected chi connectivity index (χ2v) is 10.9. The largest absolute Gasteiger partial charge is 0.393 e. The molecule has 32 heavy (non-hydrogen) atoms. The van der Waals surface area contributed by atoms with E-state index in [0.717, 1.165) is 6.42 Å². The second kappa shape index (κ2) is 7.31. The first kappa shape index (κ1) is 22.4. The van der Waals surface area contributed by atoms with Crippen molar-refractivity contribution < 1.29 is 34.4 Å². The van der Waals surface area contributed by atoms with Crippen molar-refractivity contribution >= 4 is 11.6 Å². The van der Waals surface area contributed by atoms with Crippen molar-refractivity contribution in [2.75, 3.05) is 6.61 Å². The molecule has 0 radical (unpaired) electrons. The number of rotatable bonds is 4. The molecule has 7 heteroatoms. The Balaban J connectivity index is 1.58. The van der Waals surface area contributed by atoms with Gasteiger partial charge in [-0.25, -0.2) is 0 Å². The number of carbonyl (C=O) groups is 2. The van der Waals surface area contributed by atoms with Crippen LogP contribution in [0.25, 0.3) is 0 Å². The summed E-state index contributed by atoms with van der Waals surface area (Å²) in [6, 6.07) is 0. The van der Waals surface area contributed by atoms with Gasteiger partial charge in [-0.05, 0) is 55.2 Å². The Morgan fingerprint density at radius 1 is 1.25 bits per heavy atom. The van der Waals surface area contributed by atoms with E-state index in [0.29, 0.717) is 31.3 Å². The number of ketones is 2. The van der Waals surface area contributed by atoms with E-state index in [2.05, 4.69) is 0 Å². The number of hydrogen-bond acceptors (Lipinski definition) is 7. The smallest absolute Gasteiger partial charge is 0.193 e. The van der Waals surface area contributed by atoms with Crippen molar-refractivity contribution in [1.29, 1.82) is 0 Å². The number of fused-ring (bicyclic) bond motifs is 7. The molecule has 3 saturated carbocycles. The average molecular weight is 447 g/mol. The van der Waals surface area contributed by atoms with Gasteiger partial charge in [0.2, 0.25) is 0 Å². The zero-order chi connectivity index (χ0) is 23.1. The maximum absolute atomic E-state index is 13.2. The summed E-state index contributed by atoms with van der Waals surface area (Å²) in [7, 11) is 0. The minimum absolute atomic E-state index is 0.0296. The molecule has 0 spiro atoms. The van der Waals surface area contributed by atoms with Crippen molar-refractivity contribution in [3.05, 3.63) is 23.8 Å². The lowest BCUT2D eigenvalue weighted by Gasteiger charge is -2.60. The van der Waals surface area contributed by atoms with Crippen LogP contribution in [0, 0.1) is 28.6 Å². The normalized spacial score (nSPS) is 51.5. The van der Waals surface area contributed by atoms with E-state index < -0.39 is 47.6 Å². The van der Waals surface area contributed by atoms with Crippen LogP contribution in [0.5, 0.6) is 0 Å². The van der Waals surface area contributed by atoms with Crippen molar-refractivity contribution in [1.82, 2.24) is 0 Å². The Morgan fingerprint density at radius 3 is 2.69 bits per heavy atom. The minimum Gasteiger partial charge on any atom is -0.393 e. The minimum atomic E-state index is -1.29. The van der Waals surface area contributed by atoms with Gasteiger partial charge in [-0.2, -0.15) is 0 Å². The third-order valence-electron chi connectivity index (χ3n) is 9.39. The van der Waals surface area contributed by atoms with E-state index in [-0.39, 0.29) is 29.3 Å². The number of ether oxygens (including phenoxy) is 2. The fraction of sp³-hybridized carbons (Fsp3) is 0.760. The Morgan fingerprint density at radius 2 is 2.00 bits per heavy atom. The van der Waals surface area contributed by atoms with Crippen LogP contribution in [0.3, 0.4) is 0 Å². The van der Waals surface area contributed by atoms with Gasteiger partial charge in [-0.3, -0.25) is 9.59 Å². The van der Waals surface area contributed by atoms with Crippen LogP contribution in [0.4, 0.5) is 0 Å². The molecule has 0 aromatic rings. The first-order valence-corrected chi connectivity index (χ1v) is 11.9. The van der Waals surface area contributed by atoms with Gasteiger partial charge in [0.05, 0.1) is 18.3 Å². The highest BCUT2D eigenvalue weighted by molar-refractivity contribution is 6.01. The third-order valence-corrected chi connectivity index (χ3v) is 9.39. The molecule has 5 rings (SSSR count). The molecule has 10 atom stereocenters. The first-order valence-electron chi connectivity index (χ1n) is 11.9. The monoisotopic (exact) mass is 446 g/mol. The predicted octanol–water partition coefficient (Wildman–Crippen LogP) is 1.69. The van der Waals surface area contributed by atoms with E-state index in [9.17, 15) is 24.9 Å². The van der Waals surface area contributed by atoms with Crippen molar-refractivity contribution in [3.63, 3.8) is 0 Å². The number of hydrogen-bond donors (Lipinski definition) is 3. The summed E-state index contributed by atoms with van der Waals surface area (Å²) >= 11 is 0. The van der Waals surface area contributed by atoms with Gasteiger partial charge in [0.25, 0.3) is 0 Å². The van der Waals surface area contributed by atoms with Gasteiger partial charge in [0, 0.05) is 16.7 Å². The average Bonchev–Trinajstić information content (AvgIpc) is 3.21. The molecule has 176 valence electrons. The van der Waals surface area contributed by atoms with Gasteiger partial charge in [0.1, 0.15) is 6.61 Å². The maximum Gasteiger partial charge on any atom is 0.193 e. The van der Waals surface area contributed by atoms with Gasteiger partial charge in [-0.1, -0.05) is 33.3 Å². The Bertz CT molecular complexity index is 895. The van der Waals surface area contributed by atoms with Crippen molar-refractivity contribution in [2.45, 2.75) is 83.1 Å². The van der Waals surface area contributed by atoms with Crippen LogP contribution >= 0.6 is 0 Å². The number of Topliss-reactive ketones (excluding diaryl/α,β-unsaturated/α-hetero) is 1. The molecule has 0 aromatic carbocycles. The van der Waals surface area contributed by atoms with Crippen LogP contribution in [-0.2, 0) is 19.1 Å². The van der Waals surface area contributed by atoms with Crippen LogP contribution in [0.1, 0.15) is 52.9 Å². The lowest BCUT2D eigenvalue weighted by molar-refractivity contribution is -0.203. The molecule has 5 aliphatic rings. The Hall–Kier alpha value is -1.38. The summed E-state index contributed by atoms with van der Waals surface area (Å²) in [6.45, 7) is 5.37. The summed E-state index contributed by atoms with van der Waals surface area (Å²) in [6.07, 6.45) is 5.21. The fourth-order valence-electron chi connectivity index (χ4n) is 8.18. The molecule has 0 amide bonds. The topological polar surface area (TPSA) is 113 Å². The van der Waals surface area contributed by atoms with Gasteiger partial charge < -0.3 is 24.8 Å². The zero-order valence-corrected chi connectivity index (χ0v) is 19.0. The number of carbonyl (C=O) groups excluding carboxylic acids is 2. The Kier molecular flexibility index (Phi) is 5.12. The quantitative estimate of drug-likeness (QED) is 0.602. The molecule has 3 N–H and O–H groups in total. The molecule has 0 bridgehead atoms. The van der Waals surface area contributed by atoms with Crippen LogP contribution in [0.15, 0.2) is 23.8 Å². The highest BCUT2D eigenvalue weighted by atomic mass is 16.7. The van der Waals surface area contributed by atoms with Crippen molar-refractivity contribution in [3.8, 4) is 0 Å². The van der Waals surface area contributed by atoms with Crippen LogP contribution < -0.4 is 0 Å². The summed E-state index contributed by atoms with van der Waals surface area (Å²) in [5.74, 6) is -0.825. The number of aliphatic hydroxyl groups is 3. The van der Waals surface area contributed by atoms with Gasteiger partial charge in [0.15, 0.2) is 23.5 Å². The number of aliphatic hydroxyl groups excluding tert-OH is 3. The lowest BCUT2D eigenvalue weighted by atomic mass is 9.45. The molecule has 1 unspecified atom stereocenters. The standard InChI is InChI=1S/C25H34O7/c1-4-5-21-31-20-10-15-14-9-17(28)16-8-13(27)6-7-23(16,2)22(14)18(29)11-24(15,3)25(20,32-21)19(30)12-26/h6-8,14-15,17-18,20-22,26,28-29H,4-5,9-12H2,1-3H3/t14-,15-,17-,18-,20+,21?,22-,23-,24-,25+/m0/s1. The van der Waals surface area contributed by atoms with E-state index in [4.69, 9.17) is 9.47 Å². The molecule has 4 fully saturated rings. The van der Waals surface area contributed by atoms with E-state index in [1.807, 2.05) is 26.8 Å². The van der Waals surface area contributed by atoms with Crippen LogP contribution in [-0.4, -0.2) is 63.7 Å². The fourth-order valence-corrected chi connectivity index (χ4v) is 8.18. The SMILES string of the molecule is CCCC1O[C@@H]2C[C@H]3[C@@H]4C[C@H](O)C5=CC(=O)C=C[C@]5(C)[C@@H]4[C@@H](O)C[C@]3(C)[C@]2(C(=O)CO)O1. The second-order valence-electron chi connectivity index (χ2n) is 10.9. The highest BCUT2D eigenvalue weighted by Crippen LogP contribution is 2.69. The predicted molar refractivity (Wildman–Crippen MR) is 114 cm³/mol. The summed E-state index contributed by atoms with van der Waals surface area (Å²) in [5, 5.41) is 32.5. The van der Waals surface area contributed by atoms with Gasteiger partial charge in [-0.15, -0.1) is 0 Å². The Labute approximate surface area is 188 Å². The number of allylic oxidation sites excluding steroid dienone is 3. The summed E-state index contributed by atoms with van der Waals surface area (Å²) in [5.41, 5.74) is -1.98. The molecule has 1 saturated heterocycles. The van der Waals surface area contributed by atoms with E-state index in [1.54, 1.807) is 0 Å². The summed E-state index contributed by atoms with van der Waals surface area (Å²) < 4.78 is 12.6. The van der Waals surface area contributed by atoms with Crippen LogP contribution in [0.2, 0.25) is 0 Å². The maximum atomic E-state index is 13.2. The molecular weight excluding hydrogens is 412 g/mol. The van der Waals surface area contributed by atoms with E-state index >= 15 is 0 Å². The first-order chi connectivity index (χ1) is 15.1. The highest BCUT2D eigenvalue weighted by Gasteiger charge is 2.76. The third kappa shape index (κ3) is 2.66. The van der Waals surface area contributed by atoms with E-state index in [1.165, 1.54) is 12.2 Å². The molecular formula is C25H34O7. The molecule has 0 aromatic heterocycles.